The van der Waals surface area contributed by atoms with Crippen molar-refractivity contribution in [2.45, 2.75) is 45.1 Å². The van der Waals surface area contributed by atoms with Crippen LogP contribution in [0.1, 0.15) is 48.9 Å². The predicted octanol–water partition coefficient (Wildman–Crippen LogP) is 3.25. The van der Waals surface area contributed by atoms with Gasteiger partial charge in [-0.05, 0) is 68.2 Å². The molecule has 104 valence electrons. The van der Waals surface area contributed by atoms with Gasteiger partial charge in [0, 0.05) is 19.3 Å². The topological polar surface area (TPSA) is 21.3 Å². The summed E-state index contributed by atoms with van der Waals surface area (Å²) in [5, 5.41) is 3.70. The van der Waals surface area contributed by atoms with E-state index in [0.717, 1.165) is 25.7 Å². The summed E-state index contributed by atoms with van der Waals surface area (Å²) in [4.78, 5) is 0. The number of fused-ring (bicyclic) bond motifs is 1. The SMILES string of the molecule is CC(NCC1CCOCC1)c1ccc2c(c1)CCC2. The van der Waals surface area contributed by atoms with Gasteiger partial charge < -0.3 is 10.1 Å². The van der Waals surface area contributed by atoms with Crippen molar-refractivity contribution in [2.75, 3.05) is 19.8 Å². The van der Waals surface area contributed by atoms with Gasteiger partial charge >= 0.3 is 0 Å². The zero-order valence-corrected chi connectivity index (χ0v) is 12.0. The van der Waals surface area contributed by atoms with E-state index in [1.165, 1.54) is 37.7 Å². The van der Waals surface area contributed by atoms with E-state index < -0.39 is 0 Å². The third-order valence-corrected chi connectivity index (χ3v) is 4.68. The summed E-state index contributed by atoms with van der Waals surface area (Å²) < 4.78 is 5.41. The molecule has 1 fully saturated rings. The zero-order chi connectivity index (χ0) is 13.1. The fourth-order valence-electron chi connectivity index (χ4n) is 3.27. The molecule has 0 amide bonds. The van der Waals surface area contributed by atoms with Crippen molar-refractivity contribution in [1.82, 2.24) is 5.32 Å². The van der Waals surface area contributed by atoms with Gasteiger partial charge in [0.2, 0.25) is 0 Å². The lowest BCUT2D eigenvalue weighted by atomic mass is 9.98. The number of rotatable bonds is 4. The Kier molecular flexibility index (Phi) is 4.19. The highest BCUT2D eigenvalue weighted by Crippen LogP contribution is 2.25. The van der Waals surface area contributed by atoms with Gasteiger partial charge in [0.1, 0.15) is 0 Å². The fourth-order valence-corrected chi connectivity index (χ4v) is 3.27. The molecule has 3 rings (SSSR count). The summed E-state index contributed by atoms with van der Waals surface area (Å²) in [5.41, 5.74) is 4.60. The number of hydrogen-bond acceptors (Lipinski definition) is 2. The van der Waals surface area contributed by atoms with Crippen LogP contribution >= 0.6 is 0 Å². The minimum atomic E-state index is 0.466. The van der Waals surface area contributed by atoms with Gasteiger partial charge in [0.25, 0.3) is 0 Å². The van der Waals surface area contributed by atoms with Crippen LogP contribution in [0, 0.1) is 5.92 Å². The van der Waals surface area contributed by atoms with Gasteiger partial charge in [-0.25, -0.2) is 0 Å². The number of benzene rings is 1. The lowest BCUT2D eigenvalue weighted by Crippen LogP contribution is -2.29. The van der Waals surface area contributed by atoms with Crippen LogP contribution < -0.4 is 5.32 Å². The van der Waals surface area contributed by atoms with Gasteiger partial charge in [0.15, 0.2) is 0 Å². The Hall–Kier alpha value is -0.860. The van der Waals surface area contributed by atoms with Gasteiger partial charge in [-0.2, -0.15) is 0 Å². The van der Waals surface area contributed by atoms with Crippen molar-refractivity contribution in [1.29, 1.82) is 0 Å². The van der Waals surface area contributed by atoms with E-state index in [1.807, 2.05) is 0 Å². The third kappa shape index (κ3) is 3.18. The normalized spacial score (nSPS) is 21.3. The smallest absolute Gasteiger partial charge is 0.0469 e. The first kappa shape index (κ1) is 13.1. The Bertz CT molecular complexity index is 423. The van der Waals surface area contributed by atoms with Crippen LogP contribution in [0.3, 0.4) is 0 Å². The lowest BCUT2D eigenvalue weighted by molar-refractivity contribution is 0.0656. The average Bonchev–Trinajstić information content (AvgIpc) is 2.93. The molecule has 1 aromatic carbocycles. The van der Waals surface area contributed by atoms with Gasteiger partial charge in [0.05, 0.1) is 0 Å². The van der Waals surface area contributed by atoms with Crippen LogP contribution in [0.4, 0.5) is 0 Å². The molecule has 1 aromatic rings. The minimum absolute atomic E-state index is 0.466. The van der Waals surface area contributed by atoms with Crippen molar-refractivity contribution in [3.05, 3.63) is 34.9 Å². The van der Waals surface area contributed by atoms with Gasteiger partial charge in [-0.15, -0.1) is 0 Å². The van der Waals surface area contributed by atoms with Crippen molar-refractivity contribution in [2.24, 2.45) is 5.92 Å². The number of nitrogens with one attached hydrogen (secondary N) is 1. The number of ether oxygens (including phenoxy) is 1. The summed E-state index contributed by atoms with van der Waals surface area (Å²) in [6, 6.07) is 7.54. The van der Waals surface area contributed by atoms with Crippen LogP contribution in [0.15, 0.2) is 18.2 Å². The standard InChI is InChI=1S/C17H25NO/c1-13(18-12-14-7-9-19-10-8-14)16-6-5-15-3-2-4-17(15)11-16/h5-6,11,13-14,18H,2-4,7-10,12H2,1H3. The Morgan fingerprint density at radius 1 is 1.21 bits per heavy atom. The molecule has 1 aliphatic heterocycles. The highest BCUT2D eigenvalue weighted by atomic mass is 16.5. The monoisotopic (exact) mass is 259 g/mol. The van der Waals surface area contributed by atoms with Crippen molar-refractivity contribution >= 4 is 0 Å². The Labute approximate surface area is 116 Å². The molecule has 1 heterocycles. The summed E-state index contributed by atoms with van der Waals surface area (Å²) in [5.74, 6) is 0.797. The summed E-state index contributed by atoms with van der Waals surface area (Å²) in [6.45, 7) is 5.30. The molecule has 19 heavy (non-hydrogen) atoms. The van der Waals surface area contributed by atoms with Crippen molar-refractivity contribution in [3.63, 3.8) is 0 Å². The maximum absolute atomic E-state index is 5.41. The quantitative estimate of drug-likeness (QED) is 0.896. The van der Waals surface area contributed by atoms with Gasteiger partial charge in [-0.1, -0.05) is 18.2 Å². The van der Waals surface area contributed by atoms with E-state index >= 15 is 0 Å². The Morgan fingerprint density at radius 3 is 2.84 bits per heavy atom. The number of aryl methyl sites for hydroxylation is 2. The molecule has 1 unspecified atom stereocenters. The Morgan fingerprint density at radius 2 is 2.00 bits per heavy atom. The molecule has 2 heteroatoms. The second-order valence-corrected chi connectivity index (χ2v) is 6.07. The zero-order valence-electron chi connectivity index (χ0n) is 12.0. The highest BCUT2D eigenvalue weighted by molar-refractivity contribution is 5.36. The molecule has 0 spiro atoms. The summed E-state index contributed by atoms with van der Waals surface area (Å²) in [6.07, 6.45) is 6.31. The first-order valence-corrected chi connectivity index (χ1v) is 7.76. The van der Waals surface area contributed by atoms with Crippen molar-refractivity contribution < 1.29 is 4.74 Å². The largest absolute Gasteiger partial charge is 0.381 e. The first-order chi connectivity index (χ1) is 9.33. The maximum Gasteiger partial charge on any atom is 0.0469 e. The molecule has 0 saturated carbocycles. The first-order valence-electron chi connectivity index (χ1n) is 7.76. The van der Waals surface area contributed by atoms with E-state index in [1.54, 1.807) is 11.1 Å². The van der Waals surface area contributed by atoms with E-state index in [2.05, 4.69) is 30.4 Å². The molecule has 0 aromatic heterocycles. The van der Waals surface area contributed by atoms with E-state index in [4.69, 9.17) is 4.74 Å². The molecule has 1 N–H and O–H groups in total. The van der Waals surface area contributed by atoms with Gasteiger partial charge in [-0.3, -0.25) is 0 Å². The van der Waals surface area contributed by atoms with E-state index in [-0.39, 0.29) is 0 Å². The minimum Gasteiger partial charge on any atom is -0.381 e. The van der Waals surface area contributed by atoms with Crippen LogP contribution in [0.2, 0.25) is 0 Å². The molecular formula is C17H25NO. The van der Waals surface area contributed by atoms with E-state index in [0.29, 0.717) is 6.04 Å². The second-order valence-electron chi connectivity index (χ2n) is 6.07. The lowest BCUT2D eigenvalue weighted by Gasteiger charge is -2.24. The van der Waals surface area contributed by atoms with Crippen LogP contribution in [0.5, 0.6) is 0 Å². The second kappa shape index (κ2) is 6.06. The summed E-state index contributed by atoms with van der Waals surface area (Å²) >= 11 is 0. The van der Waals surface area contributed by atoms with Crippen LogP contribution in [0.25, 0.3) is 0 Å². The third-order valence-electron chi connectivity index (χ3n) is 4.68. The van der Waals surface area contributed by atoms with E-state index in [9.17, 15) is 0 Å². The molecule has 2 nitrogen and oxygen atoms in total. The molecular weight excluding hydrogens is 234 g/mol. The fraction of sp³-hybridized carbons (Fsp3) is 0.647. The molecule has 0 bridgehead atoms. The van der Waals surface area contributed by atoms with Crippen LogP contribution in [-0.4, -0.2) is 19.8 Å². The van der Waals surface area contributed by atoms with Crippen molar-refractivity contribution in [3.8, 4) is 0 Å². The Balaban J connectivity index is 1.56. The molecule has 1 aliphatic carbocycles. The maximum atomic E-state index is 5.41. The molecule has 1 saturated heterocycles. The van der Waals surface area contributed by atoms with Crippen LogP contribution in [-0.2, 0) is 17.6 Å². The molecule has 0 radical (unpaired) electrons. The highest BCUT2D eigenvalue weighted by Gasteiger charge is 2.16. The molecule has 1 atom stereocenters. The molecule has 2 aliphatic rings. The number of hydrogen-bond donors (Lipinski definition) is 1. The average molecular weight is 259 g/mol. The summed E-state index contributed by atoms with van der Waals surface area (Å²) in [7, 11) is 0. The predicted molar refractivity (Wildman–Crippen MR) is 78.4 cm³/mol.